The molecule has 0 amide bonds. The molecule has 2 N–H and O–H groups in total. The molecule has 0 bridgehead atoms. The van der Waals surface area contributed by atoms with Gasteiger partial charge in [-0.05, 0) is 92.2 Å². The summed E-state index contributed by atoms with van der Waals surface area (Å²) < 4.78 is 11.3. The van der Waals surface area contributed by atoms with Crippen molar-refractivity contribution < 1.29 is 14.6 Å². The van der Waals surface area contributed by atoms with E-state index in [1.807, 2.05) is 19.1 Å². The molecule has 4 heteroatoms. The predicted octanol–water partition coefficient (Wildman–Crippen LogP) is 5.77. The second-order valence-electron chi connectivity index (χ2n) is 9.96. The lowest BCUT2D eigenvalue weighted by Crippen LogP contribution is -2.50. The van der Waals surface area contributed by atoms with Crippen LogP contribution in [0.4, 0.5) is 0 Å². The van der Waals surface area contributed by atoms with Gasteiger partial charge in [0.25, 0.3) is 0 Å². The maximum absolute atomic E-state index is 11.7. The zero-order valence-corrected chi connectivity index (χ0v) is 19.3. The minimum Gasteiger partial charge on any atom is -0.454 e. The van der Waals surface area contributed by atoms with E-state index in [1.54, 1.807) is 0 Å². The predicted molar refractivity (Wildman–Crippen MR) is 126 cm³/mol. The van der Waals surface area contributed by atoms with Gasteiger partial charge in [-0.25, -0.2) is 0 Å². The smallest absolute Gasteiger partial charge is 0.231 e. The molecule has 5 atom stereocenters. The number of nitrogens with one attached hydrogen (secondary N) is 1. The van der Waals surface area contributed by atoms with Gasteiger partial charge in [-0.1, -0.05) is 31.4 Å². The van der Waals surface area contributed by atoms with Gasteiger partial charge in [-0.2, -0.15) is 0 Å². The molecule has 32 heavy (non-hydrogen) atoms. The average Bonchev–Trinajstić information content (AvgIpc) is 3.35. The summed E-state index contributed by atoms with van der Waals surface area (Å²) in [5.41, 5.74) is 4.30. The molecular weight excluding hydrogens is 398 g/mol. The number of hydrogen-bond donors (Lipinski definition) is 2. The van der Waals surface area contributed by atoms with Crippen LogP contribution in [0.5, 0.6) is 11.5 Å². The van der Waals surface area contributed by atoms with Crippen LogP contribution in [-0.2, 0) is 0 Å². The summed E-state index contributed by atoms with van der Waals surface area (Å²) in [5.74, 6) is 8.94. The Labute approximate surface area is 191 Å². The number of rotatable bonds is 3. The first-order valence-corrected chi connectivity index (χ1v) is 11.9. The molecule has 0 aromatic heterocycles. The zero-order valence-electron chi connectivity index (χ0n) is 19.3. The Hall–Kier alpha value is -2.51. The lowest BCUT2D eigenvalue weighted by Gasteiger charge is -2.53. The molecule has 1 aliphatic heterocycles. The first-order chi connectivity index (χ1) is 15.5. The molecule has 0 spiro atoms. The summed E-state index contributed by atoms with van der Waals surface area (Å²) in [6.45, 7) is 6.62. The summed E-state index contributed by atoms with van der Waals surface area (Å²) in [6.07, 6.45) is 9.10. The molecule has 3 aliphatic carbocycles. The maximum Gasteiger partial charge on any atom is 0.231 e. The molecule has 2 saturated carbocycles. The Morgan fingerprint density at radius 1 is 1.25 bits per heavy atom. The fraction of sp³-hybridized carbons (Fsp3) is 0.536. The first kappa shape index (κ1) is 21.3. The van der Waals surface area contributed by atoms with Crippen molar-refractivity contribution >= 4 is 6.21 Å². The van der Waals surface area contributed by atoms with Crippen LogP contribution < -0.4 is 9.47 Å². The third-order valence-electron chi connectivity index (χ3n) is 8.70. The van der Waals surface area contributed by atoms with Crippen molar-refractivity contribution in [1.29, 1.82) is 5.41 Å². The Kier molecular flexibility index (Phi) is 5.21. The summed E-state index contributed by atoms with van der Waals surface area (Å²) >= 11 is 0. The molecule has 1 heterocycles. The fourth-order valence-electron chi connectivity index (χ4n) is 7.24. The number of ether oxygens (including phenoxy) is 2. The van der Waals surface area contributed by atoms with Crippen molar-refractivity contribution in [3.05, 3.63) is 46.6 Å². The van der Waals surface area contributed by atoms with E-state index in [9.17, 15) is 5.11 Å². The molecule has 0 unspecified atom stereocenters. The number of hydrogen-bond acceptors (Lipinski definition) is 4. The summed E-state index contributed by atoms with van der Waals surface area (Å²) in [7, 11) is 0. The van der Waals surface area contributed by atoms with E-state index in [1.165, 1.54) is 28.5 Å². The summed E-state index contributed by atoms with van der Waals surface area (Å²) in [6, 6.07) is 6.34. The average molecular weight is 432 g/mol. The Morgan fingerprint density at radius 2 is 2.06 bits per heavy atom. The monoisotopic (exact) mass is 431 g/mol. The SMILES string of the molecule is CC#C[C@]1(O)CC[C@H]2[C@@H]3CC/C(=C/C=N)C(CC)=C3[C@@H](c3ccc4c(c3)OCO4)C[C@@]21C. The second kappa shape index (κ2) is 7.81. The van der Waals surface area contributed by atoms with Gasteiger partial charge >= 0.3 is 0 Å². The molecule has 0 radical (unpaired) electrons. The fourth-order valence-corrected chi connectivity index (χ4v) is 7.24. The van der Waals surface area contributed by atoms with Gasteiger partial charge < -0.3 is 20.0 Å². The lowest BCUT2D eigenvalue weighted by atomic mass is 9.51. The largest absolute Gasteiger partial charge is 0.454 e. The van der Waals surface area contributed by atoms with Crippen LogP contribution in [0.2, 0.25) is 0 Å². The van der Waals surface area contributed by atoms with Gasteiger partial charge in [0.15, 0.2) is 11.5 Å². The highest BCUT2D eigenvalue weighted by atomic mass is 16.7. The highest BCUT2D eigenvalue weighted by molar-refractivity contribution is 5.71. The van der Waals surface area contributed by atoms with Gasteiger partial charge in [0.05, 0.1) is 0 Å². The third kappa shape index (κ3) is 2.98. The Balaban J connectivity index is 1.70. The van der Waals surface area contributed by atoms with Gasteiger partial charge in [0, 0.05) is 17.5 Å². The molecule has 2 fully saturated rings. The maximum atomic E-state index is 11.7. The van der Waals surface area contributed by atoms with E-state index in [-0.39, 0.29) is 18.1 Å². The summed E-state index contributed by atoms with van der Waals surface area (Å²) in [5, 5.41) is 19.4. The normalized spacial score (nSPS) is 36.4. The highest BCUT2D eigenvalue weighted by Crippen LogP contribution is 2.66. The van der Waals surface area contributed by atoms with Crippen LogP contribution in [-0.4, -0.2) is 23.7 Å². The van der Waals surface area contributed by atoms with Crippen molar-refractivity contribution in [2.24, 2.45) is 17.3 Å². The van der Waals surface area contributed by atoms with Crippen LogP contribution in [0.25, 0.3) is 0 Å². The van der Waals surface area contributed by atoms with E-state index in [2.05, 4.69) is 37.8 Å². The first-order valence-electron chi connectivity index (χ1n) is 11.9. The number of benzene rings is 1. The minimum atomic E-state index is -0.940. The topological polar surface area (TPSA) is 62.5 Å². The molecule has 168 valence electrons. The number of fused-ring (bicyclic) bond motifs is 4. The van der Waals surface area contributed by atoms with Crippen molar-refractivity contribution in [2.45, 2.75) is 70.8 Å². The molecular formula is C28H33NO3. The molecule has 0 saturated heterocycles. The second-order valence-corrected chi connectivity index (χ2v) is 9.96. The van der Waals surface area contributed by atoms with E-state index >= 15 is 0 Å². The standard InChI is InChI=1S/C28H33NO3/c1-4-12-28(30)13-10-23-21-8-6-18(11-14-29)20(5-2)26(21)22(16-27(23,28)3)19-7-9-24-25(15-19)32-17-31-24/h7,9,11,14-15,21-23,29-30H,5-6,8,10,13,16-17H2,1-3H3/b18-11-,29-14?/t21-,22+,23-,27-,28-/m0/s1. The Morgan fingerprint density at radius 3 is 2.81 bits per heavy atom. The van der Waals surface area contributed by atoms with Crippen molar-refractivity contribution in [3.8, 4) is 23.3 Å². The minimum absolute atomic E-state index is 0.198. The van der Waals surface area contributed by atoms with E-state index in [0.717, 1.165) is 50.0 Å². The van der Waals surface area contributed by atoms with Gasteiger partial charge in [0.2, 0.25) is 6.79 Å². The number of allylic oxidation sites excluding steroid dienone is 4. The van der Waals surface area contributed by atoms with Gasteiger partial charge in [-0.3, -0.25) is 0 Å². The highest BCUT2D eigenvalue weighted by Gasteiger charge is 2.62. The summed E-state index contributed by atoms with van der Waals surface area (Å²) in [4.78, 5) is 0. The van der Waals surface area contributed by atoms with Crippen LogP contribution in [0.15, 0.2) is 41.0 Å². The zero-order chi connectivity index (χ0) is 22.5. The molecule has 4 aliphatic rings. The van der Waals surface area contributed by atoms with Crippen molar-refractivity contribution in [2.75, 3.05) is 6.79 Å². The molecule has 5 rings (SSSR count). The van der Waals surface area contributed by atoms with Crippen molar-refractivity contribution in [1.82, 2.24) is 0 Å². The van der Waals surface area contributed by atoms with Crippen molar-refractivity contribution in [3.63, 3.8) is 0 Å². The number of aliphatic hydroxyl groups is 1. The van der Waals surface area contributed by atoms with Gasteiger partial charge in [-0.15, -0.1) is 5.92 Å². The van der Waals surface area contributed by atoms with Crippen LogP contribution in [0.3, 0.4) is 0 Å². The molecule has 1 aromatic carbocycles. The van der Waals surface area contributed by atoms with E-state index < -0.39 is 5.60 Å². The lowest BCUT2D eigenvalue weighted by molar-refractivity contribution is -0.0513. The Bertz CT molecular complexity index is 1070. The third-order valence-corrected chi connectivity index (χ3v) is 8.70. The quantitative estimate of drug-likeness (QED) is 0.472. The van der Waals surface area contributed by atoms with Gasteiger partial charge in [0.1, 0.15) is 5.60 Å². The molecule has 1 aromatic rings. The van der Waals surface area contributed by atoms with Crippen LogP contribution in [0, 0.1) is 34.5 Å². The van der Waals surface area contributed by atoms with Crippen LogP contribution in [0.1, 0.15) is 70.8 Å². The molecule has 4 nitrogen and oxygen atoms in total. The van der Waals surface area contributed by atoms with Crippen LogP contribution >= 0.6 is 0 Å². The van der Waals surface area contributed by atoms with E-state index in [4.69, 9.17) is 14.9 Å². The van der Waals surface area contributed by atoms with E-state index in [0.29, 0.717) is 11.8 Å².